The van der Waals surface area contributed by atoms with E-state index in [4.69, 9.17) is 9.47 Å². The second kappa shape index (κ2) is 9.08. The van der Waals surface area contributed by atoms with E-state index in [1.807, 2.05) is 32.0 Å². The fraction of sp³-hybridized carbons (Fsp3) is 0.222. The Morgan fingerprint density at radius 3 is 2.60 bits per heavy atom. The summed E-state index contributed by atoms with van der Waals surface area (Å²) in [6.07, 6.45) is 0. The molecule has 0 atom stereocenters. The van der Waals surface area contributed by atoms with Crippen LogP contribution in [0.1, 0.15) is 22.8 Å². The predicted octanol–water partition coefficient (Wildman–Crippen LogP) is 3.00. The lowest BCUT2D eigenvalue weighted by Crippen LogP contribution is -2.44. The summed E-state index contributed by atoms with van der Waals surface area (Å²) in [7, 11) is 0. The van der Waals surface area contributed by atoms with E-state index in [0.717, 1.165) is 10.0 Å². The molecule has 25 heavy (non-hydrogen) atoms. The first kappa shape index (κ1) is 18.8. The summed E-state index contributed by atoms with van der Waals surface area (Å²) in [4.78, 5) is 24.1. The van der Waals surface area contributed by atoms with Crippen LogP contribution in [0.5, 0.6) is 11.5 Å². The van der Waals surface area contributed by atoms with Crippen LogP contribution in [-0.4, -0.2) is 25.0 Å². The van der Waals surface area contributed by atoms with Gasteiger partial charge in [0.25, 0.3) is 11.8 Å². The van der Waals surface area contributed by atoms with E-state index < -0.39 is 11.8 Å². The van der Waals surface area contributed by atoms with Gasteiger partial charge < -0.3 is 9.47 Å². The quantitative estimate of drug-likeness (QED) is 0.722. The van der Waals surface area contributed by atoms with Crippen LogP contribution in [0.25, 0.3) is 0 Å². The first-order valence-corrected chi connectivity index (χ1v) is 8.50. The van der Waals surface area contributed by atoms with Crippen molar-refractivity contribution >= 4 is 27.7 Å². The number of halogens is 1. The average Bonchev–Trinajstić information content (AvgIpc) is 2.59. The Labute approximate surface area is 154 Å². The number of aryl methyl sites for hydroxylation is 1. The van der Waals surface area contributed by atoms with Gasteiger partial charge in [0.05, 0.1) is 12.2 Å². The van der Waals surface area contributed by atoms with Crippen LogP contribution in [-0.2, 0) is 4.79 Å². The van der Waals surface area contributed by atoms with Crippen molar-refractivity contribution in [3.8, 4) is 11.5 Å². The highest BCUT2D eigenvalue weighted by Crippen LogP contribution is 2.23. The van der Waals surface area contributed by atoms with Crippen molar-refractivity contribution in [3.05, 3.63) is 58.1 Å². The summed E-state index contributed by atoms with van der Waals surface area (Å²) in [5.41, 5.74) is 6.02. The lowest BCUT2D eigenvalue weighted by atomic mass is 10.2. The molecule has 2 aromatic rings. The van der Waals surface area contributed by atoms with Gasteiger partial charge in [-0.1, -0.05) is 28.1 Å². The summed E-state index contributed by atoms with van der Waals surface area (Å²) >= 11 is 3.31. The monoisotopic (exact) mass is 406 g/mol. The van der Waals surface area contributed by atoms with E-state index >= 15 is 0 Å². The predicted molar refractivity (Wildman–Crippen MR) is 97.6 cm³/mol. The molecule has 0 aliphatic carbocycles. The smallest absolute Gasteiger partial charge is 0.276 e. The molecule has 2 rings (SSSR count). The first-order chi connectivity index (χ1) is 12.0. The maximum Gasteiger partial charge on any atom is 0.276 e. The summed E-state index contributed by atoms with van der Waals surface area (Å²) in [6.45, 7) is 3.98. The van der Waals surface area contributed by atoms with Crippen molar-refractivity contribution in [1.29, 1.82) is 0 Å². The van der Waals surface area contributed by atoms with Gasteiger partial charge in [-0.2, -0.15) is 0 Å². The number of ether oxygens (including phenoxy) is 2. The molecule has 2 N–H and O–H groups in total. The SMILES string of the molecule is CCOc1ccc(Br)cc1C(=O)NNC(=O)COc1cccc(C)c1. The van der Waals surface area contributed by atoms with Crippen LogP contribution >= 0.6 is 15.9 Å². The maximum absolute atomic E-state index is 12.2. The number of benzene rings is 2. The maximum atomic E-state index is 12.2. The van der Waals surface area contributed by atoms with E-state index in [2.05, 4.69) is 26.8 Å². The van der Waals surface area contributed by atoms with E-state index in [1.54, 1.807) is 24.3 Å². The zero-order valence-electron chi connectivity index (χ0n) is 14.0. The zero-order valence-corrected chi connectivity index (χ0v) is 15.6. The van der Waals surface area contributed by atoms with Gasteiger partial charge in [0.15, 0.2) is 6.61 Å². The molecule has 0 bridgehead atoms. The van der Waals surface area contributed by atoms with E-state index in [9.17, 15) is 9.59 Å². The van der Waals surface area contributed by atoms with Gasteiger partial charge >= 0.3 is 0 Å². The van der Waals surface area contributed by atoms with E-state index in [-0.39, 0.29) is 6.61 Å². The molecule has 2 aromatic carbocycles. The van der Waals surface area contributed by atoms with Gasteiger partial charge in [-0.25, -0.2) is 0 Å². The standard InChI is InChI=1S/C18H19BrN2O4/c1-3-24-16-8-7-13(19)10-15(16)18(23)21-20-17(22)11-25-14-6-4-5-12(2)9-14/h4-10H,3,11H2,1-2H3,(H,20,22)(H,21,23). The number of rotatable bonds is 6. The Kier molecular flexibility index (Phi) is 6.82. The molecule has 0 saturated carbocycles. The number of amides is 2. The molecule has 132 valence electrons. The number of carbonyl (C=O) groups is 2. The number of hydrogen-bond donors (Lipinski definition) is 2. The second-order valence-corrected chi connectivity index (χ2v) is 6.10. The molecule has 7 heteroatoms. The molecule has 0 aromatic heterocycles. The number of hydrazine groups is 1. The molecular formula is C18H19BrN2O4. The zero-order chi connectivity index (χ0) is 18.2. The Bertz CT molecular complexity index is 764. The van der Waals surface area contributed by atoms with Crippen molar-refractivity contribution in [2.45, 2.75) is 13.8 Å². The van der Waals surface area contributed by atoms with Crippen LogP contribution in [0.15, 0.2) is 46.9 Å². The largest absolute Gasteiger partial charge is 0.493 e. The number of hydrogen-bond acceptors (Lipinski definition) is 4. The Balaban J connectivity index is 1.89. The van der Waals surface area contributed by atoms with Gasteiger partial charge in [-0.3, -0.25) is 20.4 Å². The fourth-order valence-electron chi connectivity index (χ4n) is 2.04. The average molecular weight is 407 g/mol. The normalized spacial score (nSPS) is 10.0. The Hall–Kier alpha value is -2.54. The van der Waals surface area contributed by atoms with Gasteiger partial charge in [0.2, 0.25) is 0 Å². The van der Waals surface area contributed by atoms with Gasteiger partial charge in [0, 0.05) is 4.47 Å². The van der Waals surface area contributed by atoms with Crippen molar-refractivity contribution in [2.75, 3.05) is 13.2 Å². The van der Waals surface area contributed by atoms with Gasteiger partial charge in [-0.15, -0.1) is 0 Å². The molecule has 0 aliphatic rings. The summed E-state index contributed by atoms with van der Waals surface area (Å²) < 4.78 is 11.5. The molecule has 0 saturated heterocycles. The van der Waals surface area contributed by atoms with E-state index in [0.29, 0.717) is 23.7 Å². The molecule has 0 fully saturated rings. The van der Waals surface area contributed by atoms with Crippen molar-refractivity contribution < 1.29 is 19.1 Å². The molecule has 0 spiro atoms. The summed E-state index contributed by atoms with van der Waals surface area (Å²) in [5.74, 6) is 0.0806. The topological polar surface area (TPSA) is 76.7 Å². The van der Waals surface area contributed by atoms with Crippen molar-refractivity contribution in [1.82, 2.24) is 10.9 Å². The highest BCUT2D eigenvalue weighted by Gasteiger charge is 2.14. The minimum absolute atomic E-state index is 0.208. The number of nitrogens with one attached hydrogen (secondary N) is 2. The lowest BCUT2D eigenvalue weighted by Gasteiger charge is -2.12. The van der Waals surface area contributed by atoms with Crippen molar-refractivity contribution in [2.24, 2.45) is 0 Å². The molecular weight excluding hydrogens is 388 g/mol. The minimum Gasteiger partial charge on any atom is -0.493 e. The van der Waals surface area contributed by atoms with Gasteiger partial charge in [0.1, 0.15) is 11.5 Å². The summed E-state index contributed by atoms with van der Waals surface area (Å²) in [6, 6.07) is 12.4. The van der Waals surface area contributed by atoms with Crippen molar-refractivity contribution in [3.63, 3.8) is 0 Å². The number of carbonyl (C=O) groups excluding carboxylic acids is 2. The fourth-order valence-corrected chi connectivity index (χ4v) is 2.41. The third-order valence-electron chi connectivity index (χ3n) is 3.16. The molecule has 6 nitrogen and oxygen atoms in total. The molecule has 0 radical (unpaired) electrons. The third kappa shape index (κ3) is 5.79. The van der Waals surface area contributed by atoms with Crippen LogP contribution in [0.4, 0.5) is 0 Å². The highest BCUT2D eigenvalue weighted by molar-refractivity contribution is 9.10. The third-order valence-corrected chi connectivity index (χ3v) is 3.65. The van der Waals surface area contributed by atoms with Crippen LogP contribution in [0.3, 0.4) is 0 Å². The molecule has 2 amide bonds. The van der Waals surface area contributed by atoms with Gasteiger partial charge in [-0.05, 0) is 49.7 Å². The lowest BCUT2D eigenvalue weighted by molar-refractivity contribution is -0.123. The van der Waals surface area contributed by atoms with Crippen LogP contribution in [0, 0.1) is 6.92 Å². The Morgan fingerprint density at radius 1 is 1.08 bits per heavy atom. The minimum atomic E-state index is -0.478. The summed E-state index contributed by atoms with van der Waals surface area (Å²) in [5, 5.41) is 0. The molecule has 0 heterocycles. The van der Waals surface area contributed by atoms with Crippen LogP contribution < -0.4 is 20.3 Å². The second-order valence-electron chi connectivity index (χ2n) is 5.18. The highest BCUT2D eigenvalue weighted by atomic mass is 79.9. The molecule has 0 unspecified atom stereocenters. The molecule has 0 aliphatic heterocycles. The van der Waals surface area contributed by atoms with Crippen LogP contribution in [0.2, 0.25) is 0 Å². The Morgan fingerprint density at radius 2 is 1.88 bits per heavy atom. The van der Waals surface area contributed by atoms with E-state index in [1.165, 1.54) is 0 Å². The first-order valence-electron chi connectivity index (χ1n) is 7.70.